The van der Waals surface area contributed by atoms with Crippen LogP contribution in [0.2, 0.25) is 0 Å². The van der Waals surface area contributed by atoms with Gasteiger partial charge in [0.2, 0.25) is 5.52 Å². The summed E-state index contributed by atoms with van der Waals surface area (Å²) in [6.07, 6.45) is 0. The van der Waals surface area contributed by atoms with Crippen LogP contribution in [-0.4, -0.2) is 4.57 Å². The SMILES string of the molecule is Cc1ccc2cccc3c2c1-c1c(cc2c(-n4c5ccccc5c5ccccc54)cccc2[n+]1C)O3. The molecule has 1 aliphatic rings. The predicted octanol–water partition coefficient (Wildman–Crippen LogP) is 8.00. The fourth-order valence-electron chi connectivity index (χ4n) is 6.17. The Kier molecular flexibility index (Phi) is 3.80. The van der Waals surface area contributed by atoms with E-state index in [0.717, 1.165) is 28.3 Å². The molecular formula is C33H23N2O+. The molecule has 0 saturated heterocycles. The van der Waals surface area contributed by atoms with Crippen molar-refractivity contribution in [3.63, 3.8) is 0 Å². The standard InChI is InChI=1S/C33H23N2O/c1-20-17-18-21-9-7-16-29-32(21)31(20)33-30(36-29)19-24-25(34(33)2)14-8-15-28(24)35-26-12-5-3-10-22(26)23-11-4-6-13-27(23)35/h3-19H,1-2H3/q+1. The predicted molar refractivity (Wildman–Crippen MR) is 147 cm³/mol. The number of rotatable bonds is 1. The van der Waals surface area contributed by atoms with Gasteiger partial charge >= 0.3 is 0 Å². The number of hydrogen-bond acceptors (Lipinski definition) is 1. The molecule has 5 aromatic carbocycles. The van der Waals surface area contributed by atoms with E-state index in [4.69, 9.17) is 4.74 Å². The summed E-state index contributed by atoms with van der Waals surface area (Å²) in [4.78, 5) is 0. The van der Waals surface area contributed by atoms with Crippen molar-refractivity contribution in [3.05, 3.63) is 109 Å². The van der Waals surface area contributed by atoms with Gasteiger partial charge in [0.1, 0.15) is 12.8 Å². The van der Waals surface area contributed by atoms with Crippen LogP contribution in [-0.2, 0) is 7.05 Å². The number of para-hydroxylation sites is 2. The summed E-state index contributed by atoms with van der Waals surface area (Å²) < 4.78 is 11.3. The number of hydrogen-bond donors (Lipinski definition) is 0. The van der Waals surface area contributed by atoms with Crippen LogP contribution < -0.4 is 9.30 Å². The molecule has 0 atom stereocenters. The first-order valence-corrected chi connectivity index (χ1v) is 12.4. The van der Waals surface area contributed by atoms with Crippen LogP contribution in [0.5, 0.6) is 11.5 Å². The molecule has 1 aliphatic heterocycles. The lowest BCUT2D eigenvalue weighted by atomic mass is 9.93. The molecule has 3 heteroatoms. The van der Waals surface area contributed by atoms with Crippen molar-refractivity contribution in [3.8, 4) is 28.4 Å². The zero-order valence-electron chi connectivity index (χ0n) is 20.1. The third-order valence-electron chi connectivity index (χ3n) is 7.76. The maximum absolute atomic E-state index is 6.61. The first kappa shape index (κ1) is 19.7. The van der Waals surface area contributed by atoms with Crippen molar-refractivity contribution in [2.45, 2.75) is 6.92 Å². The lowest BCUT2D eigenvalue weighted by Gasteiger charge is -2.22. The summed E-state index contributed by atoms with van der Waals surface area (Å²) in [5.74, 6) is 1.82. The molecule has 0 radical (unpaired) electrons. The van der Waals surface area contributed by atoms with Crippen molar-refractivity contribution in [2.75, 3.05) is 0 Å². The minimum Gasteiger partial charge on any atom is -0.450 e. The average molecular weight is 464 g/mol. The van der Waals surface area contributed by atoms with Crippen LogP contribution in [0.3, 0.4) is 0 Å². The lowest BCUT2D eigenvalue weighted by Crippen LogP contribution is -2.33. The average Bonchev–Trinajstić information content (AvgIpc) is 3.24. The Bertz CT molecular complexity index is 1990. The monoisotopic (exact) mass is 463 g/mol. The zero-order chi connectivity index (χ0) is 24.0. The smallest absolute Gasteiger partial charge is 0.256 e. The fraction of sp³-hybridized carbons (Fsp3) is 0.0606. The van der Waals surface area contributed by atoms with Crippen molar-refractivity contribution in [1.29, 1.82) is 0 Å². The molecule has 3 heterocycles. The number of fused-ring (bicyclic) bond motifs is 6. The van der Waals surface area contributed by atoms with Gasteiger partial charge in [0.25, 0.3) is 5.69 Å². The molecular weight excluding hydrogens is 440 g/mol. The molecule has 0 amide bonds. The van der Waals surface area contributed by atoms with Gasteiger partial charge in [0, 0.05) is 28.3 Å². The molecule has 36 heavy (non-hydrogen) atoms. The van der Waals surface area contributed by atoms with Crippen molar-refractivity contribution < 1.29 is 9.30 Å². The first-order chi connectivity index (χ1) is 17.7. The zero-order valence-corrected chi connectivity index (χ0v) is 20.1. The summed E-state index contributed by atoms with van der Waals surface area (Å²) in [7, 11) is 2.16. The number of aryl methyl sites for hydroxylation is 2. The number of benzene rings is 5. The van der Waals surface area contributed by atoms with E-state index in [1.165, 1.54) is 49.2 Å². The normalized spacial score (nSPS) is 12.4. The molecule has 2 aromatic heterocycles. The van der Waals surface area contributed by atoms with Crippen LogP contribution >= 0.6 is 0 Å². The van der Waals surface area contributed by atoms with Crippen molar-refractivity contribution in [1.82, 2.24) is 4.57 Å². The molecule has 0 aliphatic carbocycles. The first-order valence-electron chi connectivity index (χ1n) is 12.4. The lowest BCUT2D eigenvalue weighted by molar-refractivity contribution is -0.633. The summed E-state index contributed by atoms with van der Waals surface area (Å²) in [6, 6.07) is 36.9. The largest absolute Gasteiger partial charge is 0.450 e. The Hall–Kier alpha value is -4.63. The molecule has 0 fully saturated rings. The Morgan fingerprint density at radius 2 is 1.39 bits per heavy atom. The van der Waals surface area contributed by atoms with E-state index in [1.54, 1.807) is 0 Å². The summed E-state index contributed by atoms with van der Waals surface area (Å²) >= 11 is 0. The third-order valence-corrected chi connectivity index (χ3v) is 7.76. The highest BCUT2D eigenvalue weighted by atomic mass is 16.5. The Morgan fingerprint density at radius 3 is 2.17 bits per heavy atom. The summed E-state index contributed by atoms with van der Waals surface area (Å²) in [5, 5.41) is 6.09. The van der Waals surface area contributed by atoms with Crippen LogP contribution in [0.1, 0.15) is 5.56 Å². The molecule has 0 unspecified atom stereocenters. The molecule has 8 rings (SSSR count). The minimum atomic E-state index is 0.896. The Labute approximate surface area is 208 Å². The van der Waals surface area contributed by atoms with E-state index in [0.29, 0.717) is 0 Å². The van der Waals surface area contributed by atoms with E-state index in [1.807, 2.05) is 0 Å². The van der Waals surface area contributed by atoms with Gasteiger partial charge < -0.3 is 9.30 Å². The van der Waals surface area contributed by atoms with Gasteiger partial charge in [-0.2, -0.15) is 4.57 Å². The number of ether oxygens (including phenoxy) is 1. The second-order valence-electron chi connectivity index (χ2n) is 9.71. The Morgan fingerprint density at radius 1 is 0.667 bits per heavy atom. The molecule has 0 saturated carbocycles. The quantitative estimate of drug-likeness (QED) is 0.226. The molecule has 0 N–H and O–H groups in total. The second-order valence-corrected chi connectivity index (χ2v) is 9.71. The van der Waals surface area contributed by atoms with Crippen molar-refractivity contribution >= 4 is 43.5 Å². The number of nitrogens with zero attached hydrogens (tertiary/aromatic N) is 2. The topological polar surface area (TPSA) is 18.0 Å². The maximum atomic E-state index is 6.61. The third kappa shape index (κ3) is 2.44. The second kappa shape index (κ2) is 6.96. The summed E-state index contributed by atoms with van der Waals surface area (Å²) in [6.45, 7) is 2.19. The highest BCUT2D eigenvalue weighted by molar-refractivity contribution is 6.10. The van der Waals surface area contributed by atoms with Gasteiger partial charge in [0.15, 0.2) is 5.75 Å². The number of pyridine rings is 1. The molecule has 170 valence electrons. The van der Waals surface area contributed by atoms with Gasteiger partial charge in [-0.25, -0.2) is 0 Å². The minimum absolute atomic E-state index is 0.896. The highest BCUT2D eigenvalue weighted by Gasteiger charge is 2.31. The Balaban J connectivity index is 1.51. The molecule has 0 spiro atoms. The molecule has 0 bridgehead atoms. The maximum Gasteiger partial charge on any atom is 0.256 e. The van der Waals surface area contributed by atoms with E-state index in [2.05, 4.69) is 126 Å². The van der Waals surface area contributed by atoms with Gasteiger partial charge in [-0.05, 0) is 42.1 Å². The van der Waals surface area contributed by atoms with E-state index >= 15 is 0 Å². The number of aromatic nitrogens is 2. The van der Waals surface area contributed by atoms with E-state index in [9.17, 15) is 0 Å². The van der Waals surface area contributed by atoms with E-state index < -0.39 is 0 Å². The van der Waals surface area contributed by atoms with Crippen LogP contribution in [0.15, 0.2) is 103 Å². The van der Waals surface area contributed by atoms with Gasteiger partial charge in [-0.15, -0.1) is 0 Å². The van der Waals surface area contributed by atoms with Crippen LogP contribution in [0.4, 0.5) is 0 Å². The molecule has 7 aromatic rings. The van der Waals surface area contributed by atoms with Gasteiger partial charge in [-0.1, -0.05) is 66.7 Å². The molecule has 3 nitrogen and oxygen atoms in total. The van der Waals surface area contributed by atoms with Crippen molar-refractivity contribution in [2.24, 2.45) is 7.05 Å². The van der Waals surface area contributed by atoms with Crippen LogP contribution in [0, 0.1) is 6.92 Å². The highest BCUT2D eigenvalue weighted by Crippen LogP contribution is 2.47. The van der Waals surface area contributed by atoms with Crippen LogP contribution in [0.25, 0.3) is 60.4 Å². The van der Waals surface area contributed by atoms with E-state index in [-0.39, 0.29) is 0 Å². The fourth-order valence-corrected chi connectivity index (χ4v) is 6.17. The van der Waals surface area contributed by atoms with Gasteiger partial charge in [0.05, 0.1) is 27.7 Å². The van der Waals surface area contributed by atoms with Gasteiger partial charge in [-0.3, -0.25) is 0 Å². The summed E-state index contributed by atoms with van der Waals surface area (Å²) in [5.41, 5.74) is 8.39.